The Morgan fingerprint density at radius 3 is 2.47 bits per heavy atom. The molecule has 4 heteroatoms. The number of amides is 1. The van der Waals surface area contributed by atoms with Crippen molar-refractivity contribution < 1.29 is 14.7 Å². The zero-order valence-electron chi connectivity index (χ0n) is 11.4. The molecular weight excluding hydrogens is 242 g/mol. The molecule has 19 heavy (non-hydrogen) atoms. The van der Waals surface area contributed by atoms with Crippen LogP contribution >= 0.6 is 0 Å². The zero-order chi connectivity index (χ0) is 14.2. The minimum atomic E-state index is -0.992. The lowest BCUT2D eigenvalue weighted by atomic mass is 9.76. The van der Waals surface area contributed by atoms with Crippen LogP contribution in [0.15, 0.2) is 24.3 Å². The van der Waals surface area contributed by atoms with Crippen molar-refractivity contribution in [1.82, 2.24) is 5.32 Å². The van der Waals surface area contributed by atoms with Crippen molar-refractivity contribution >= 4 is 11.9 Å². The molecule has 2 N–H and O–H groups in total. The highest BCUT2D eigenvalue weighted by atomic mass is 16.4. The summed E-state index contributed by atoms with van der Waals surface area (Å²) in [5.74, 6) is -1.39. The van der Waals surface area contributed by atoms with E-state index in [9.17, 15) is 14.7 Å². The lowest BCUT2D eigenvalue weighted by molar-refractivity contribution is -0.145. The molecule has 0 saturated heterocycles. The van der Waals surface area contributed by atoms with Crippen LogP contribution in [0.5, 0.6) is 0 Å². The van der Waals surface area contributed by atoms with Gasteiger partial charge < -0.3 is 10.4 Å². The molecule has 1 aromatic carbocycles. The molecule has 1 unspecified atom stereocenters. The average Bonchev–Trinajstić information content (AvgIpc) is 2.25. The first kappa shape index (κ1) is 13.6. The lowest BCUT2D eigenvalue weighted by Crippen LogP contribution is -2.51. The van der Waals surface area contributed by atoms with Gasteiger partial charge in [0.15, 0.2) is 0 Å². The third-order valence-electron chi connectivity index (χ3n) is 3.57. The van der Waals surface area contributed by atoms with Crippen molar-refractivity contribution in [2.75, 3.05) is 0 Å². The number of nitrogens with one attached hydrogen (secondary N) is 1. The molecule has 1 aliphatic carbocycles. The van der Waals surface area contributed by atoms with E-state index in [0.29, 0.717) is 6.42 Å². The molecule has 0 aromatic heterocycles. The Kier molecular flexibility index (Phi) is 3.35. The summed E-state index contributed by atoms with van der Waals surface area (Å²) in [6, 6.07) is 6.90. The lowest BCUT2D eigenvalue weighted by Gasteiger charge is -2.33. The van der Waals surface area contributed by atoms with E-state index in [2.05, 4.69) is 5.32 Å². The second kappa shape index (κ2) is 4.68. The predicted octanol–water partition coefficient (Wildman–Crippen LogP) is 1.94. The second-order valence-electron chi connectivity index (χ2n) is 6.10. The molecule has 0 spiro atoms. The van der Waals surface area contributed by atoms with Gasteiger partial charge in [0.05, 0.1) is 5.92 Å². The minimum absolute atomic E-state index is 0.193. The summed E-state index contributed by atoms with van der Waals surface area (Å²) in [6.45, 7) is 5.42. The third kappa shape index (κ3) is 2.62. The molecule has 0 fully saturated rings. The minimum Gasteiger partial charge on any atom is -0.480 e. The van der Waals surface area contributed by atoms with Crippen LogP contribution in [-0.2, 0) is 16.0 Å². The SMILES string of the molecule is CC(C)(C)[C@H](NC(=O)C1Cc2ccccc21)C(=O)O. The summed E-state index contributed by atoms with van der Waals surface area (Å²) in [4.78, 5) is 23.4. The van der Waals surface area contributed by atoms with E-state index in [1.54, 1.807) is 20.8 Å². The van der Waals surface area contributed by atoms with Crippen molar-refractivity contribution in [2.45, 2.75) is 39.2 Å². The monoisotopic (exact) mass is 261 g/mol. The number of rotatable bonds is 3. The highest BCUT2D eigenvalue weighted by Crippen LogP contribution is 2.35. The highest BCUT2D eigenvalue weighted by Gasteiger charge is 2.37. The molecule has 0 heterocycles. The number of carbonyl (C=O) groups excluding carboxylic acids is 1. The molecule has 1 amide bonds. The van der Waals surface area contributed by atoms with Crippen LogP contribution in [0.1, 0.15) is 37.8 Å². The van der Waals surface area contributed by atoms with Gasteiger partial charge in [0, 0.05) is 0 Å². The smallest absolute Gasteiger partial charge is 0.326 e. The highest BCUT2D eigenvalue weighted by molar-refractivity contribution is 5.90. The van der Waals surface area contributed by atoms with Crippen LogP contribution in [0.4, 0.5) is 0 Å². The van der Waals surface area contributed by atoms with Crippen LogP contribution < -0.4 is 5.32 Å². The van der Waals surface area contributed by atoms with Gasteiger partial charge in [-0.15, -0.1) is 0 Å². The molecule has 2 rings (SSSR count). The van der Waals surface area contributed by atoms with E-state index in [4.69, 9.17) is 0 Å². The standard InChI is InChI=1S/C15H19NO3/c1-15(2,3)12(14(18)19)16-13(17)11-8-9-6-4-5-7-10(9)11/h4-7,11-12H,8H2,1-3H3,(H,16,17)(H,18,19)/t11?,12-/m1/s1. The van der Waals surface area contributed by atoms with Crippen molar-refractivity contribution in [3.63, 3.8) is 0 Å². The number of carboxylic acid groups (broad SMARTS) is 1. The summed E-state index contributed by atoms with van der Waals surface area (Å²) in [7, 11) is 0. The largest absolute Gasteiger partial charge is 0.480 e. The Labute approximate surface area is 112 Å². The van der Waals surface area contributed by atoms with Crippen LogP contribution in [0.25, 0.3) is 0 Å². The number of hydrogen-bond donors (Lipinski definition) is 2. The fraction of sp³-hybridized carbons (Fsp3) is 0.467. The van der Waals surface area contributed by atoms with Gasteiger partial charge in [0.25, 0.3) is 0 Å². The van der Waals surface area contributed by atoms with Gasteiger partial charge in [0.1, 0.15) is 6.04 Å². The van der Waals surface area contributed by atoms with E-state index in [1.807, 2.05) is 24.3 Å². The Morgan fingerprint density at radius 1 is 1.32 bits per heavy atom. The summed E-state index contributed by atoms with van der Waals surface area (Å²) >= 11 is 0. The molecule has 2 atom stereocenters. The molecule has 0 radical (unpaired) electrons. The first-order chi connectivity index (χ1) is 8.80. The number of fused-ring (bicyclic) bond motifs is 1. The van der Waals surface area contributed by atoms with Crippen LogP contribution in [0.2, 0.25) is 0 Å². The van der Waals surface area contributed by atoms with E-state index in [-0.39, 0.29) is 11.8 Å². The Morgan fingerprint density at radius 2 is 1.95 bits per heavy atom. The molecule has 4 nitrogen and oxygen atoms in total. The predicted molar refractivity (Wildman–Crippen MR) is 71.9 cm³/mol. The van der Waals surface area contributed by atoms with E-state index in [1.165, 1.54) is 5.56 Å². The fourth-order valence-electron chi connectivity index (χ4n) is 2.38. The maximum atomic E-state index is 12.2. The topological polar surface area (TPSA) is 66.4 Å². The maximum Gasteiger partial charge on any atom is 0.326 e. The molecule has 1 aromatic rings. The van der Waals surface area contributed by atoms with Crippen LogP contribution in [0, 0.1) is 5.41 Å². The van der Waals surface area contributed by atoms with Gasteiger partial charge in [-0.2, -0.15) is 0 Å². The number of benzene rings is 1. The van der Waals surface area contributed by atoms with Gasteiger partial charge in [0.2, 0.25) is 5.91 Å². The summed E-state index contributed by atoms with van der Waals surface area (Å²) in [5, 5.41) is 11.9. The van der Waals surface area contributed by atoms with Crippen LogP contribution in [0.3, 0.4) is 0 Å². The summed E-state index contributed by atoms with van der Waals surface area (Å²) in [6.07, 6.45) is 0.693. The summed E-state index contributed by atoms with van der Waals surface area (Å²) < 4.78 is 0. The number of hydrogen-bond acceptors (Lipinski definition) is 2. The van der Waals surface area contributed by atoms with E-state index in [0.717, 1.165) is 5.56 Å². The summed E-state index contributed by atoms with van der Waals surface area (Å²) in [5.41, 5.74) is 1.67. The van der Waals surface area contributed by atoms with E-state index < -0.39 is 17.4 Å². The Bertz CT molecular complexity index is 516. The molecule has 0 aliphatic heterocycles. The van der Waals surface area contributed by atoms with Crippen molar-refractivity contribution in [3.8, 4) is 0 Å². The zero-order valence-corrected chi connectivity index (χ0v) is 11.4. The van der Waals surface area contributed by atoms with Crippen molar-refractivity contribution in [1.29, 1.82) is 0 Å². The number of carboxylic acids is 1. The Balaban J connectivity index is 2.09. The normalized spacial score (nSPS) is 19.0. The molecule has 102 valence electrons. The van der Waals surface area contributed by atoms with Gasteiger partial charge in [-0.05, 0) is 23.0 Å². The van der Waals surface area contributed by atoms with Crippen molar-refractivity contribution in [2.24, 2.45) is 5.41 Å². The van der Waals surface area contributed by atoms with Gasteiger partial charge in [-0.1, -0.05) is 45.0 Å². The van der Waals surface area contributed by atoms with Crippen LogP contribution in [-0.4, -0.2) is 23.0 Å². The third-order valence-corrected chi connectivity index (χ3v) is 3.57. The van der Waals surface area contributed by atoms with Gasteiger partial charge in [-0.25, -0.2) is 4.79 Å². The molecular formula is C15H19NO3. The fourth-order valence-corrected chi connectivity index (χ4v) is 2.38. The average molecular weight is 261 g/mol. The molecule has 0 saturated carbocycles. The number of aliphatic carboxylic acids is 1. The Hall–Kier alpha value is -1.84. The first-order valence-electron chi connectivity index (χ1n) is 6.41. The van der Waals surface area contributed by atoms with Gasteiger partial charge in [-0.3, -0.25) is 4.79 Å². The van der Waals surface area contributed by atoms with E-state index >= 15 is 0 Å². The van der Waals surface area contributed by atoms with Crippen molar-refractivity contribution in [3.05, 3.63) is 35.4 Å². The van der Waals surface area contributed by atoms with Gasteiger partial charge >= 0.3 is 5.97 Å². The quantitative estimate of drug-likeness (QED) is 0.874. The molecule has 1 aliphatic rings. The molecule has 0 bridgehead atoms. The second-order valence-corrected chi connectivity index (χ2v) is 6.10. The maximum absolute atomic E-state index is 12.2. The number of carbonyl (C=O) groups is 2. The first-order valence-corrected chi connectivity index (χ1v) is 6.41.